The van der Waals surface area contributed by atoms with Crippen molar-refractivity contribution < 1.29 is 0 Å². The Bertz CT molecular complexity index is 988. The Kier molecular flexibility index (Phi) is 5.29. The molecule has 0 N–H and O–H groups in total. The van der Waals surface area contributed by atoms with Gasteiger partial charge in [-0.2, -0.15) is 0 Å². The molecule has 1 saturated carbocycles. The first kappa shape index (κ1) is 20.7. The largest absolute Gasteiger partial charge is 0.0759 e. The fraction of sp³-hybridized carbons (Fsp3) is 0.484. The molecule has 1 heteroatoms. The van der Waals surface area contributed by atoms with Gasteiger partial charge in [0, 0.05) is 0 Å². The highest BCUT2D eigenvalue weighted by atomic mass is 28.3. The first-order chi connectivity index (χ1) is 15.6. The van der Waals surface area contributed by atoms with E-state index in [9.17, 15) is 0 Å². The zero-order valence-corrected chi connectivity index (χ0v) is 20.9. The van der Waals surface area contributed by atoms with Crippen molar-refractivity contribution in [1.82, 2.24) is 0 Å². The molecule has 0 saturated heterocycles. The lowest BCUT2D eigenvalue weighted by Crippen LogP contribution is -2.39. The van der Waals surface area contributed by atoms with Crippen molar-refractivity contribution in [2.24, 2.45) is 11.8 Å². The van der Waals surface area contributed by atoms with E-state index in [-0.39, 0.29) is 0 Å². The van der Waals surface area contributed by atoms with Crippen LogP contribution < -0.4 is 0 Å². The molecule has 1 fully saturated rings. The quantitative estimate of drug-likeness (QED) is 0.360. The molecule has 0 amide bonds. The Labute approximate surface area is 195 Å². The van der Waals surface area contributed by atoms with E-state index in [1.165, 1.54) is 57.8 Å². The fourth-order valence-electron chi connectivity index (χ4n) is 7.61. The minimum atomic E-state index is -1.66. The topological polar surface area (TPSA) is 0 Å². The van der Waals surface area contributed by atoms with Crippen LogP contribution in [0.4, 0.5) is 0 Å². The summed E-state index contributed by atoms with van der Waals surface area (Å²) in [5, 5.41) is 0. The second-order valence-electron chi connectivity index (χ2n) is 11.7. The zero-order valence-electron chi connectivity index (χ0n) is 19.9. The third kappa shape index (κ3) is 3.48. The summed E-state index contributed by atoms with van der Waals surface area (Å²) < 4.78 is 0. The van der Waals surface area contributed by atoms with Crippen LogP contribution in [0.25, 0.3) is 11.1 Å². The molecule has 2 aromatic rings. The maximum atomic E-state index is 2.73. The highest BCUT2D eigenvalue weighted by Gasteiger charge is 2.44. The second-order valence-corrected chi connectivity index (χ2v) is 16.6. The predicted octanol–water partition coefficient (Wildman–Crippen LogP) is 8.91. The summed E-state index contributed by atoms with van der Waals surface area (Å²) in [5.74, 6) is 1.98. The van der Waals surface area contributed by atoms with E-state index in [2.05, 4.69) is 73.8 Å². The van der Waals surface area contributed by atoms with E-state index in [4.69, 9.17) is 0 Å². The zero-order chi connectivity index (χ0) is 21.7. The number of rotatable bonds is 0. The Morgan fingerprint density at radius 3 is 1.59 bits per heavy atom. The Hall–Kier alpha value is -1.86. The SMILES string of the molecule is C[Si]1(C)C2C=C(CCCC3CCC(CCCC4=CC1c1ccccc14)C3)c1ccccc12. The summed E-state index contributed by atoms with van der Waals surface area (Å²) in [5.41, 5.74) is 11.0. The molecule has 3 aliphatic carbocycles. The van der Waals surface area contributed by atoms with Gasteiger partial charge in [-0.3, -0.25) is 0 Å². The van der Waals surface area contributed by atoms with Crippen LogP contribution in [0.2, 0.25) is 13.1 Å². The molecule has 4 atom stereocenters. The van der Waals surface area contributed by atoms with Crippen molar-refractivity contribution in [3.63, 3.8) is 0 Å². The van der Waals surface area contributed by atoms with Gasteiger partial charge in [-0.25, -0.2) is 0 Å². The predicted molar refractivity (Wildman–Crippen MR) is 140 cm³/mol. The molecular formula is C31H38Si. The van der Waals surface area contributed by atoms with Gasteiger partial charge in [0.05, 0.1) is 8.07 Å². The standard InChI is InChI=1S/C31H38Si/c1-32(2)30-20-24(26-13-3-5-15-28(26)30)11-7-9-22-17-18-23(19-22)10-8-12-25-21-31(32)29-16-6-4-14-27(25)29/h3-6,13-16,20-23,30-31H,7-12,17-19H2,1-2H3. The van der Waals surface area contributed by atoms with Crippen LogP contribution in [0.3, 0.4) is 0 Å². The molecule has 0 nitrogen and oxygen atoms in total. The molecule has 32 heavy (non-hydrogen) atoms. The van der Waals surface area contributed by atoms with Crippen molar-refractivity contribution >= 4 is 19.2 Å². The van der Waals surface area contributed by atoms with Crippen molar-refractivity contribution in [3.05, 3.63) is 82.9 Å². The first-order valence-electron chi connectivity index (χ1n) is 13.2. The molecule has 4 unspecified atom stereocenters. The number of hydrogen-bond donors (Lipinski definition) is 0. The van der Waals surface area contributed by atoms with Gasteiger partial charge in [-0.1, -0.05) is 99.5 Å². The van der Waals surface area contributed by atoms with Crippen molar-refractivity contribution in [2.75, 3.05) is 0 Å². The van der Waals surface area contributed by atoms with E-state index < -0.39 is 8.07 Å². The minimum Gasteiger partial charge on any atom is -0.0759 e. The van der Waals surface area contributed by atoms with Gasteiger partial charge in [0.2, 0.25) is 0 Å². The third-order valence-electron chi connectivity index (χ3n) is 9.39. The van der Waals surface area contributed by atoms with Crippen LogP contribution >= 0.6 is 0 Å². The number of allylic oxidation sites excluding steroid dienone is 4. The number of hydrogen-bond acceptors (Lipinski definition) is 0. The summed E-state index contributed by atoms with van der Waals surface area (Å²) in [4.78, 5) is 0. The van der Waals surface area contributed by atoms with E-state index in [0.717, 1.165) is 11.8 Å². The Morgan fingerprint density at radius 1 is 0.625 bits per heavy atom. The fourth-order valence-corrected chi connectivity index (χ4v) is 11.4. The summed E-state index contributed by atoms with van der Waals surface area (Å²) in [6.45, 7) is 5.33. The van der Waals surface area contributed by atoms with Crippen LogP contribution in [0.1, 0.15) is 91.1 Å². The molecule has 1 aliphatic heterocycles. The van der Waals surface area contributed by atoms with Gasteiger partial charge in [-0.05, 0) is 88.4 Å². The van der Waals surface area contributed by atoms with Crippen LogP contribution in [0.5, 0.6) is 0 Å². The van der Waals surface area contributed by atoms with Gasteiger partial charge in [0.1, 0.15) is 0 Å². The molecule has 0 aromatic heterocycles. The average Bonchev–Trinajstić information content (AvgIpc) is 3.50. The number of fused-ring (bicyclic) bond motifs is 10. The van der Waals surface area contributed by atoms with Gasteiger partial charge in [0.25, 0.3) is 0 Å². The lowest BCUT2D eigenvalue weighted by molar-refractivity contribution is 0.433. The van der Waals surface area contributed by atoms with E-state index >= 15 is 0 Å². The highest BCUT2D eigenvalue weighted by molar-refractivity contribution is 6.81. The monoisotopic (exact) mass is 438 g/mol. The van der Waals surface area contributed by atoms with Crippen LogP contribution in [-0.4, -0.2) is 8.07 Å². The van der Waals surface area contributed by atoms with Crippen LogP contribution in [0.15, 0.2) is 60.7 Å². The van der Waals surface area contributed by atoms with E-state index in [1.807, 2.05) is 0 Å². The smallest absolute Gasteiger partial charge is 0.0715 e. The lowest BCUT2D eigenvalue weighted by atomic mass is 9.93. The molecule has 0 spiro atoms. The minimum absolute atomic E-state index is 0.631. The maximum Gasteiger partial charge on any atom is 0.0715 e. The summed E-state index contributed by atoms with van der Waals surface area (Å²) in [6, 6.07) is 18.8. The normalized spacial score (nSPS) is 30.9. The summed E-state index contributed by atoms with van der Waals surface area (Å²) in [6.07, 6.45) is 18.1. The molecular weight excluding hydrogens is 400 g/mol. The van der Waals surface area contributed by atoms with Gasteiger partial charge >= 0.3 is 0 Å². The first-order valence-corrected chi connectivity index (χ1v) is 16.4. The Balaban J connectivity index is 1.42. The number of benzene rings is 2. The molecule has 2 aromatic carbocycles. The van der Waals surface area contributed by atoms with Crippen molar-refractivity contribution in [2.45, 2.75) is 82.0 Å². The van der Waals surface area contributed by atoms with Crippen LogP contribution in [0, 0.1) is 11.8 Å². The van der Waals surface area contributed by atoms with Gasteiger partial charge in [-0.15, -0.1) is 0 Å². The molecule has 6 bridgehead atoms. The van der Waals surface area contributed by atoms with Crippen molar-refractivity contribution in [3.8, 4) is 0 Å². The average molecular weight is 439 g/mol. The second kappa shape index (κ2) is 8.17. The summed E-state index contributed by atoms with van der Waals surface area (Å²) in [7, 11) is -1.66. The highest BCUT2D eigenvalue weighted by Crippen LogP contribution is 2.52. The molecule has 166 valence electrons. The van der Waals surface area contributed by atoms with Gasteiger partial charge < -0.3 is 0 Å². The lowest BCUT2D eigenvalue weighted by Gasteiger charge is -2.35. The molecule has 0 radical (unpaired) electrons. The Morgan fingerprint density at radius 2 is 1.09 bits per heavy atom. The molecule has 1 heterocycles. The van der Waals surface area contributed by atoms with Crippen LogP contribution in [-0.2, 0) is 0 Å². The van der Waals surface area contributed by atoms with Crippen molar-refractivity contribution in [1.29, 1.82) is 0 Å². The third-order valence-corrected chi connectivity index (χ3v) is 13.6. The van der Waals surface area contributed by atoms with E-state index in [1.54, 1.807) is 33.4 Å². The molecule has 4 aliphatic rings. The molecule has 6 rings (SSSR count). The van der Waals surface area contributed by atoms with E-state index in [0.29, 0.717) is 11.1 Å². The maximum absolute atomic E-state index is 2.73. The van der Waals surface area contributed by atoms with Gasteiger partial charge in [0.15, 0.2) is 0 Å². The summed E-state index contributed by atoms with van der Waals surface area (Å²) >= 11 is 0.